The second kappa shape index (κ2) is 6.40. The lowest BCUT2D eigenvalue weighted by Gasteiger charge is -2.29. The molecule has 2 atom stereocenters. The predicted octanol–water partition coefficient (Wildman–Crippen LogP) is 1.52. The number of ether oxygens (including phenoxy) is 1. The molecule has 98 valence electrons. The Morgan fingerprint density at radius 3 is 2.94 bits per heavy atom. The van der Waals surface area contributed by atoms with E-state index in [-0.39, 0.29) is 0 Å². The smallest absolute Gasteiger partial charge is 0.189 e. The van der Waals surface area contributed by atoms with Gasteiger partial charge < -0.3 is 15.8 Å². The second-order valence-electron chi connectivity index (χ2n) is 4.78. The molecule has 0 spiro atoms. The fourth-order valence-electron chi connectivity index (χ4n) is 2.09. The molecule has 0 aromatic heterocycles. The highest BCUT2D eigenvalue weighted by molar-refractivity contribution is 5.78. The van der Waals surface area contributed by atoms with Gasteiger partial charge in [0.15, 0.2) is 5.96 Å². The molecule has 1 fully saturated rings. The highest BCUT2D eigenvalue weighted by Gasteiger charge is 2.21. The van der Waals surface area contributed by atoms with E-state index < -0.39 is 0 Å². The summed E-state index contributed by atoms with van der Waals surface area (Å²) in [5, 5.41) is 3.29. The standard InChI is InChI=1S/C14H21N3O/c1-11-10-18-8-7-13(11)17-14(15)16-9-12-5-3-2-4-6-12/h2-6,11,13H,7-10H2,1H3,(H3,15,16,17). The second-order valence-corrected chi connectivity index (χ2v) is 4.78. The number of hydrogen-bond acceptors (Lipinski definition) is 2. The molecule has 1 aromatic rings. The maximum atomic E-state index is 5.91. The van der Waals surface area contributed by atoms with E-state index in [2.05, 4.69) is 17.2 Å². The van der Waals surface area contributed by atoms with Crippen LogP contribution < -0.4 is 11.1 Å². The number of nitrogens with two attached hydrogens (primary N) is 1. The number of benzene rings is 1. The summed E-state index contributed by atoms with van der Waals surface area (Å²) in [6, 6.07) is 10.5. The van der Waals surface area contributed by atoms with E-state index >= 15 is 0 Å². The molecule has 0 aliphatic carbocycles. The molecule has 0 saturated carbocycles. The van der Waals surface area contributed by atoms with Gasteiger partial charge in [-0.3, -0.25) is 0 Å². The predicted molar refractivity (Wildman–Crippen MR) is 73.3 cm³/mol. The maximum absolute atomic E-state index is 5.91. The Morgan fingerprint density at radius 2 is 2.22 bits per heavy atom. The van der Waals surface area contributed by atoms with Crippen molar-refractivity contribution in [2.24, 2.45) is 16.6 Å². The normalized spacial score (nSPS) is 24.8. The Hall–Kier alpha value is -1.55. The molecule has 0 radical (unpaired) electrons. The number of rotatable bonds is 3. The minimum absolute atomic E-state index is 0.373. The molecule has 0 bridgehead atoms. The first-order valence-corrected chi connectivity index (χ1v) is 6.44. The van der Waals surface area contributed by atoms with Gasteiger partial charge in [-0.25, -0.2) is 4.99 Å². The third-order valence-corrected chi connectivity index (χ3v) is 3.25. The summed E-state index contributed by atoms with van der Waals surface area (Å²) in [5.74, 6) is 1.00. The number of hydrogen-bond donors (Lipinski definition) is 2. The first-order valence-electron chi connectivity index (χ1n) is 6.44. The molecule has 1 aliphatic rings. The number of aliphatic imine (C=N–C) groups is 1. The van der Waals surface area contributed by atoms with Crippen LogP contribution in [0.2, 0.25) is 0 Å². The average molecular weight is 247 g/mol. The molecule has 1 aromatic carbocycles. The van der Waals surface area contributed by atoms with Crippen molar-refractivity contribution in [3.05, 3.63) is 35.9 Å². The van der Waals surface area contributed by atoms with Crippen molar-refractivity contribution < 1.29 is 4.74 Å². The molecule has 3 N–H and O–H groups in total. The molecule has 4 nitrogen and oxygen atoms in total. The lowest BCUT2D eigenvalue weighted by atomic mass is 9.98. The Kier molecular flexibility index (Phi) is 4.59. The van der Waals surface area contributed by atoms with E-state index in [0.717, 1.165) is 19.6 Å². The van der Waals surface area contributed by atoms with Gasteiger partial charge in [-0.15, -0.1) is 0 Å². The Balaban J connectivity index is 1.85. The molecule has 2 rings (SSSR count). The van der Waals surface area contributed by atoms with Crippen molar-refractivity contribution in [1.29, 1.82) is 0 Å². The fraction of sp³-hybridized carbons (Fsp3) is 0.500. The Labute approximate surface area is 108 Å². The molecule has 0 amide bonds. The SMILES string of the molecule is CC1COCCC1NC(N)=NCc1ccccc1. The van der Waals surface area contributed by atoms with Gasteiger partial charge in [-0.1, -0.05) is 37.3 Å². The molecule has 1 aliphatic heterocycles. The summed E-state index contributed by atoms with van der Waals surface area (Å²) in [7, 11) is 0. The lowest BCUT2D eigenvalue weighted by molar-refractivity contribution is 0.0440. The van der Waals surface area contributed by atoms with Crippen LogP contribution in [0.1, 0.15) is 18.9 Å². The van der Waals surface area contributed by atoms with Crippen molar-refractivity contribution in [3.63, 3.8) is 0 Å². The van der Waals surface area contributed by atoms with Crippen molar-refractivity contribution in [3.8, 4) is 0 Å². The topological polar surface area (TPSA) is 59.6 Å². The van der Waals surface area contributed by atoms with Gasteiger partial charge in [0.1, 0.15) is 0 Å². The van der Waals surface area contributed by atoms with Gasteiger partial charge in [0.05, 0.1) is 13.2 Å². The number of nitrogens with one attached hydrogen (secondary N) is 1. The largest absolute Gasteiger partial charge is 0.381 e. The summed E-state index contributed by atoms with van der Waals surface area (Å²) < 4.78 is 5.40. The third-order valence-electron chi connectivity index (χ3n) is 3.25. The van der Waals surface area contributed by atoms with Crippen LogP contribution >= 0.6 is 0 Å². The summed E-state index contributed by atoms with van der Waals surface area (Å²) in [5.41, 5.74) is 7.08. The van der Waals surface area contributed by atoms with Crippen molar-refractivity contribution in [2.45, 2.75) is 25.9 Å². The van der Waals surface area contributed by atoms with Crippen LogP contribution in [0.3, 0.4) is 0 Å². The van der Waals surface area contributed by atoms with Crippen LogP contribution in [-0.4, -0.2) is 25.2 Å². The summed E-state index contributed by atoms with van der Waals surface area (Å²) in [6.07, 6.45) is 0.989. The van der Waals surface area contributed by atoms with Crippen molar-refractivity contribution in [2.75, 3.05) is 13.2 Å². The first-order chi connectivity index (χ1) is 8.75. The third kappa shape index (κ3) is 3.74. The zero-order valence-electron chi connectivity index (χ0n) is 10.8. The summed E-state index contributed by atoms with van der Waals surface area (Å²) in [4.78, 5) is 4.37. The number of guanidine groups is 1. The van der Waals surface area contributed by atoms with Crippen molar-refractivity contribution >= 4 is 5.96 Å². The highest BCUT2D eigenvalue weighted by atomic mass is 16.5. The van der Waals surface area contributed by atoms with Crippen LogP contribution in [0.15, 0.2) is 35.3 Å². The molecule has 1 heterocycles. The zero-order valence-corrected chi connectivity index (χ0v) is 10.8. The molecule has 18 heavy (non-hydrogen) atoms. The van der Waals surface area contributed by atoms with E-state index in [0.29, 0.717) is 24.5 Å². The van der Waals surface area contributed by atoms with Gasteiger partial charge in [-0.05, 0) is 17.9 Å². The fourth-order valence-corrected chi connectivity index (χ4v) is 2.09. The van der Waals surface area contributed by atoms with E-state index in [4.69, 9.17) is 10.5 Å². The monoisotopic (exact) mass is 247 g/mol. The molecular weight excluding hydrogens is 226 g/mol. The minimum Gasteiger partial charge on any atom is -0.381 e. The van der Waals surface area contributed by atoms with Gasteiger partial charge in [0.25, 0.3) is 0 Å². The van der Waals surface area contributed by atoms with Crippen LogP contribution in [0.25, 0.3) is 0 Å². The van der Waals surface area contributed by atoms with E-state index in [9.17, 15) is 0 Å². The number of nitrogens with zero attached hydrogens (tertiary/aromatic N) is 1. The van der Waals surface area contributed by atoms with Crippen LogP contribution in [0.4, 0.5) is 0 Å². The minimum atomic E-state index is 0.373. The van der Waals surface area contributed by atoms with Gasteiger partial charge in [0.2, 0.25) is 0 Å². The van der Waals surface area contributed by atoms with Gasteiger partial charge >= 0.3 is 0 Å². The molecular formula is C14H21N3O. The van der Waals surface area contributed by atoms with Crippen LogP contribution in [0.5, 0.6) is 0 Å². The Morgan fingerprint density at radius 1 is 1.44 bits per heavy atom. The quantitative estimate of drug-likeness (QED) is 0.629. The molecule has 2 unspecified atom stereocenters. The van der Waals surface area contributed by atoms with E-state index in [1.54, 1.807) is 0 Å². The van der Waals surface area contributed by atoms with Crippen LogP contribution in [0, 0.1) is 5.92 Å². The summed E-state index contributed by atoms with van der Waals surface area (Å²) in [6.45, 7) is 4.39. The zero-order chi connectivity index (χ0) is 12.8. The average Bonchev–Trinajstić information content (AvgIpc) is 2.40. The Bertz CT molecular complexity index is 391. The molecule has 1 saturated heterocycles. The molecule has 4 heteroatoms. The first kappa shape index (κ1) is 12.9. The summed E-state index contributed by atoms with van der Waals surface area (Å²) >= 11 is 0. The maximum Gasteiger partial charge on any atom is 0.189 e. The van der Waals surface area contributed by atoms with E-state index in [1.165, 1.54) is 5.56 Å². The van der Waals surface area contributed by atoms with Crippen molar-refractivity contribution in [1.82, 2.24) is 5.32 Å². The van der Waals surface area contributed by atoms with Gasteiger partial charge in [-0.2, -0.15) is 0 Å². The van der Waals surface area contributed by atoms with Gasteiger partial charge in [0, 0.05) is 12.6 Å². The lowest BCUT2D eigenvalue weighted by Crippen LogP contribution is -2.47. The highest BCUT2D eigenvalue weighted by Crippen LogP contribution is 2.13. The van der Waals surface area contributed by atoms with Crippen LogP contribution in [-0.2, 0) is 11.3 Å². The van der Waals surface area contributed by atoms with E-state index in [1.807, 2.05) is 30.3 Å².